The number of nitrogens with zero attached hydrogens (tertiary/aromatic N) is 2. The Balaban J connectivity index is 1.78. The van der Waals surface area contributed by atoms with Crippen LogP contribution in [0.15, 0.2) is 30.5 Å². The highest BCUT2D eigenvalue weighted by molar-refractivity contribution is 5.43. The Morgan fingerprint density at radius 2 is 2.05 bits per heavy atom. The standard InChI is InChI=1S/C16H20FN3/c17-14-8-4-5-12(9-14)10-20-11-15(18)16(19-20)13-6-2-1-3-7-13/h4-5,8-9,11,13H,1-3,6-7,10,18H2. The summed E-state index contributed by atoms with van der Waals surface area (Å²) in [4.78, 5) is 0. The average Bonchev–Trinajstić information content (AvgIpc) is 2.80. The third-order valence-electron chi connectivity index (χ3n) is 4.05. The third kappa shape index (κ3) is 2.84. The van der Waals surface area contributed by atoms with Crippen molar-refractivity contribution in [2.24, 2.45) is 0 Å². The molecule has 1 saturated carbocycles. The topological polar surface area (TPSA) is 43.8 Å². The number of rotatable bonds is 3. The van der Waals surface area contributed by atoms with E-state index in [1.165, 1.54) is 44.2 Å². The molecule has 0 aliphatic heterocycles. The zero-order valence-corrected chi connectivity index (χ0v) is 11.6. The first-order chi connectivity index (χ1) is 9.72. The van der Waals surface area contributed by atoms with Crippen molar-refractivity contribution in [2.75, 3.05) is 5.73 Å². The maximum Gasteiger partial charge on any atom is 0.123 e. The molecule has 1 fully saturated rings. The van der Waals surface area contributed by atoms with Crippen molar-refractivity contribution in [3.8, 4) is 0 Å². The molecule has 0 bridgehead atoms. The van der Waals surface area contributed by atoms with Crippen molar-refractivity contribution in [2.45, 2.75) is 44.6 Å². The summed E-state index contributed by atoms with van der Waals surface area (Å²) >= 11 is 0. The Morgan fingerprint density at radius 3 is 2.80 bits per heavy atom. The lowest BCUT2D eigenvalue weighted by atomic mass is 9.86. The van der Waals surface area contributed by atoms with E-state index in [0.717, 1.165) is 16.9 Å². The quantitative estimate of drug-likeness (QED) is 0.926. The van der Waals surface area contributed by atoms with Crippen LogP contribution < -0.4 is 5.73 Å². The third-order valence-corrected chi connectivity index (χ3v) is 4.05. The van der Waals surface area contributed by atoms with Crippen LogP contribution in [-0.4, -0.2) is 9.78 Å². The van der Waals surface area contributed by atoms with Crippen LogP contribution in [-0.2, 0) is 6.54 Å². The van der Waals surface area contributed by atoms with Gasteiger partial charge in [0.1, 0.15) is 5.82 Å². The van der Waals surface area contributed by atoms with E-state index in [-0.39, 0.29) is 5.82 Å². The van der Waals surface area contributed by atoms with Crippen LogP contribution in [0, 0.1) is 5.82 Å². The van der Waals surface area contributed by atoms with E-state index >= 15 is 0 Å². The number of hydrogen-bond donors (Lipinski definition) is 1. The molecule has 2 aromatic rings. The zero-order valence-electron chi connectivity index (χ0n) is 11.6. The number of nitrogen functional groups attached to an aromatic ring is 1. The Bertz CT molecular complexity index is 585. The van der Waals surface area contributed by atoms with E-state index in [9.17, 15) is 4.39 Å². The van der Waals surface area contributed by atoms with Gasteiger partial charge in [0.25, 0.3) is 0 Å². The lowest BCUT2D eigenvalue weighted by Gasteiger charge is -2.20. The summed E-state index contributed by atoms with van der Waals surface area (Å²) < 4.78 is 15.0. The van der Waals surface area contributed by atoms with Crippen molar-refractivity contribution < 1.29 is 4.39 Å². The van der Waals surface area contributed by atoms with Gasteiger partial charge in [0, 0.05) is 12.1 Å². The van der Waals surface area contributed by atoms with Gasteiger partial charge >= 0.3 is 0 Å². The molecular weight excluding hydrogens is 253 g/mol. The van der Waals surface area contributed by atoms with Crippen molar-refractivity contribution in [1.29, 1.82) is 0 Å². The van der Waals surface area contributed by atoms with Gasteiger partial charge in [-0.2, -0.15) is 5.10 Å². The van der Waals surface area contributed by atoms with Crippen molar-refractivity contribution >= 4 is 5.69 Å². The van der Waals surface area contributed by atoms with Crippen molar-refractivity contribution in [1.82, 2.24) is 9.78 Å². The summed E-state index contributed by atoms with van der Waals surface area (Å²) in [6.45, 7) is 0.564. The van der Waals surface area contributed by atoms with E-state index < -0.39 is 0 Å². The molecule has 1 aliphatic rings. The molecule has 4 heteroatoms. The molecule has 1 aromatic heterocycles. The Kier molecular flexibility index (Phi) is 3.72. The lowest BCUT2D eigenvalue weighted by Crippen LogP contribution is -2.08. The lowest BCUT2D eigenvalue weighted by molar-refractivity contribution is 0.433. The molecule has 0 spiro atoms. The second-order valence-electron chi connectivity index (χ2n) is 5.63. The van der Waals surface area contributed by atoms with Gasteiger partial charge in [-0.3, -0.25) is 4.68 Å². The first-order valence-electron chi connectivity index (χ1n) is 7.29. The smallest absolute Gasteiger partial charge is 0.123 e. The summed E-state index contributed by atoms with van der Waals surface area (Å²) in [7, 11) is 0. The van der Waals surface area contributed by atoms with Gasteiger partial charge in [-0.05, 0) is 30.5 Å². The Labute approximate surface area is 118 Å². The molecule has 0 amide bonds. The van der Waals surface area contributed by atoms with Gasteiger partial charge in [-0.15, -0.1) is 0 Å². The maximum absolute atomic E-state index is 13.2. The molecule has 0 saturated heterocycles. The summed E-state index contributed by atoms with van der Waals surface area (Å²) in [5, 5.41) is 4.63. The molecule has 0 atom stereocenters. The van der Waals surface area contributed by atoms with Gasteiger partial charge in [0.05, 0.1) is 17.9 Å². The first-order valence-corrected chi connectivity index (χ1v) is 7.29. The molecule has 2 N–H and O–H groups in total. The molecule has 0 unspecified atom stereocenters. The van der Waals surface area contributed by atoms with E-state index in [1.807, 2.05) is 16.9 Å². The summed E-state index contributed by atoms with van der Waals surface area (Å²) in [6.07, 6.45) is 8.08. The van der Waals surface area contributed by atoms with Crippen molar-refractivity contribution in [3.63, 3.8) is 0 Å². The first kappa shape index (κ1) is 13.2. The van der Waals surface area contributed by atoms with E-state index in [2.05, 4.69) is 5.10 Å². The van der Waals surface area contributed by atoms with Crippen LogP contribution in [0.4, 0.5) is 10.1 Å². The van der Waals surface area contributed by atoms with Gasteiger partial charge in [-0.25, -0.2) is 4.39 Å². The van der Waals surface area contributed by atoms with Gasteiger partial charge in [0.2, 0.25) is 0 Å². The average molecular weight is 273 g/mol. The van der Waals surface area contributed by atoms with Crippen LogP contribution in [0.3, 0.4) is 0 Å². The minimum absolute atomic E-state index is 0.213. The number of benzene rings is 1. The number of halogens is 1. The molecule has 1 aromatic carbocycles. The fourth-order valence-corrected chi connectivity index (χ4v) is 3.05. The number of anilines is 1. The Hall–Kier alpha value is -1.84. The number of aromatic nitrogens is 2. The molecule has 1 heterocycles. The normalized spacial score (nSPS) is 16.4. The highest BCUT2D eigenvalue weighted by atomic mass is 19.1. The highest BCUT2D eigenvalue weighted by Gasteiger charge is 2.20. The Morgan fingerprint density at radius 1 is 1.25 bits per heavy atom. The van der Waals surface area contributed by atoms with Gasteiger partial charge in [-0.1, -0.05) is 31.4 Å². The van der Waals surface area contributed by atoms with Gasteiger partial charge < -0.3 is 5.73 Å². The van der Waals surface area contributed by atoms with E-state index in [0.29, 0.717) is 12.5 Å². The van der Waals surface area contributed by atoms with Crippen LogP contribution in [0.5, 0.6) is 0 Å². The monoisotopic (exact) mass is 273 g/mol. The predicted molar refractivity (Wildman–Crippen MR) is 78.0 cm³/mol. The second-order valence-corrected chi connectivity index (χ2v) is 5.63. The SMILES string of the molecule is Nc1cn(Cc2cccc(F)c2)nc1C1CCCCC1. The van der Waals surface area contributed by atoms with Crippen molar-refractivity contribution in [3.05, 3.63) is 47.5 Å². The molecule has 20 heavy (non-hydrogen) atoms. The summed E-state index contributed by atoms with van der Waals surface area (Å²) in [6, 6.07) is 6.62. The largest absolute Gasteiger partial charge is 0.396 e. The van der Waals surface area contributed by atoms with Crippen LogP contribution in [0.1, 0.15) is 49.3 Å². The van der Waals surface area contributed by atoms with Crippen LogP contribution in [0.2, 0.25) is 0 Å². The molecule has 106 valence electrons. The zero-order chi connectivity index (χ0) is 13.9. The van der Waals surface area contributed by atoms with Crippen LogP contribution in [0.25, 0.3) is 0 Å². The van der Waals surface area contributed by atoms with Crippen LogP contribution >= 0.6 is 0 Å². The molecule has 3 rings (SSSR count). The fourth-order valence-electron chi connectivity index (χ4n) is 3.05. The second kappa shape index (κ2) is 5.65. The number of hydrogen-bond acceptors (Lipinski definition) is 2. The maximum atomic E-state index is 13.2. The predicted octanol–water partition coefficient (Wildman–Crippen LogP) is 3.70. The van der Waals surface area contributed by atoms with E-state index in [1.54, 1.807) is 6.07 Å². The summed E-state index contributed by atoms with van der Waals surface area (Å²) in [5.74, 6) is 0.285. The molecule has 1 aliphatic carbocycles. The minimum atomic E-state index is -0.213. The molecular formula is C16H20FN3. The summed E-state index contributed by atoms with van der Waals surface area (Å²) in [5.41, 5.74) is 8.80. The molecule has 0 radical (unpaired) electrons. The van der Waals surface area contributed by atoms with Gasteiger partial charge in [0.15, 0.2) is 0 Å². The highest BCUT2D eigenvalue weighted by Crippen LogP contribution is 2.34. The molecule has 3 nitrogen and oxygen atoms in total. The fraction of sp³-hybridized carbons (Fsp3) is 0.438. The number of nitrogens with two attached hydrogens (primary N) is 1. The minimum Gasteiger partial charge on any atom is -0.396 e. The van der Waals surface area contributed by atoms with E-state index in [4.69, 9.17) is 5.73 Å².